The maximum Gasteiger partial charge on any atom is 0.259 e. The average molecular weight is 503 g/mol. The first-order valence-electron chi connectivity index (χ1n) is 12.1. The van der Waals surface area contributed by atoms with Crippen molar-refractivity contribution in [3.63, 3.8) is 0 Å². The molecule has 3 aromatic carbocycles. The molecule has 0 aromatic heterocycles. The summed E-state index contributed by atoms with van der Waals surface area (Å²) >= 11 is 0. The van der Waals surface area contributed by atoms with Crippen LogP contribution in [0, 0.1) is 0 Å². The Bertz CT molecular complexity index is 1340. The molecule has 0 bridgehead atoms. The van der Waals surface area contributed by atoms with Crippen LogP contribution in [0.25, 0.3) is 0 Å². The number of hydrogen-bond donors (Lipinski definition) is 0. The Labute approximate surface area is 212 Å². The third-order valence-electron chi connectivity index (χ3n) is 7.07. The Morgan fingerprint density at radius 3 is 2.33 bits per heavy atom. The zero-order valence-electron chi connectivity index (χ0n) is 19.7. The molecule has 3 heterocycles. The van der Waals surface area contributed by atoms with Gasteiger partial charge in [0, 0.05) is 31.5 Å². The molecular formula is C28H26N2O5S. The van der Waals surface area contributed by atoms with E-state index in [2.05, 4.69) is 0 Å². The van der Waals surface area contributed by atoms with Gasteiger partial charge in [-0.15, -0.1) is 0 Å². The number of nitrogens with zero attached hydrogens (tertiary/aromatic N) is 2. The fraction of sp³-hybridized carbons (Fsp3) is 0.286. The number of anilines is 1. The Morgan fingerprint density at radius 2 is 1.58 bits per heavy atom. The molecule has 2 fully saturated rings. The zero-order chi connectivity index (χ0) is 24.7. The van der Waals surface area contributed by atoms with Crippen LogP contribution < -0.4 is 4.90 Å². The molecule has 1 unspecified atom stereocenters. The molecule has 1 atom stereocenters. The van der Waals surface area contributed by atoms with Gasteiger partial charge in [0.25, 0.3) is 11.8 Å². The molecule has 3 aromatic rings. The highest BCUT2D eigenvalue weighted by molar-refractivity contribution is 7.85. The van der Waals surface area contributed by atoms with Crippen LogP contribution in [0.2, 0.25) is 0 Å². The standard InChI is InChI=1S/C28H26N2O5S/c31-26(29-14-12-28(13-15-29)34-16-17-35-28)21-10-11-25-23(18-21)30(19-20-6-2-1-3-7-20)27(32)22-8-4-5-9-24(22)36(25)33/h1-11,18H,12-17,19H2. The lowest BCUT2D eigenvalue weighted by Crippen LogP contribution is -2.47. The summed E-state index contributed by atoms with van der Waals surface area (Å²) in [5.74, 6) is -0.918. The Kier molecular flexibility index (Phi) is 5.95. The second kappa shape index (κ2) is 9.28. The van der Waals surface area contributed by atoms with Crippen LogP contribution >= 0.6 is 0 Å². The number of piperidine rings is 1. The maximum atomic E-state index is 13.7. The maximum absolute atomic E-state index is 13.7. The SMILES string of the molecule is O=C(c1ccc2c(c1)N(Cc1ccccc1)C(=O)c1ccccc1S2=O)N1CCC2(CC1)OCCO2. The highest BCUT2D eigenvalue weighted by Crippen LogP contribution is 2.37. The number of carbonyl (C=O) groups excluding carboxylic acids is 2. The molecule has 8 heteroatoms. The fourth-order valence-corrected chi connectivity index (χ4v) is 6.48. The summed E-state index contributed by atoms with van der Waals surface area (Å²) in [5.41, 5.74) is 2.32. The van der Waals surface area contributed by atoms with Crippen LogP contribution in [0.15, 0.2) is 82.6 Å². The van der Waals surface area contributed by atoms with Gasteiger partial charge < -0.3 is 19.3 Å². The van der Waals surface area contributed by atoms with Crippen molar-refractivity contribution in [3.05, 3.63) is 89.5 Å². The van der Waals surface area contributed by atoms with Gasteiger partial charge in [-0.2, -0.15) is 0 Å². The number of benzene rings is 3. The number of fused-ring (bicyclic) bond motifs is 2. The number of rotatable bonds is 3. The van der Waals surface area contributed by atoms with Crippen molar-refractivity contribution < 1.29 is 23.3 Å². The summed E-state index contributed by atoms with van der Waals surface area (Å²) in [6.07, 6.45) is 1.25. The van der Waals surface area contributed by atoms with E-state index < -0.39 is 16.6 Å². The smallest absolute Gasteiger partial charge is 0.259 e. The molecule has 0 N–H and O–H groups in total. The summed E-state index contributed by atoms with van der Waals surface area (Å²) in [6, 6.07) is 21.8. The lowest BCUT2D eigenvalue weighted by molar-refractivity contribution is -0.181. The molecule has 0 radical (unpaired) electrons. The third-order valence-corrected chi connectivity index (χ3v) is 8.57. The van der Waals surface area contributed by atoms with Gasteiger partial charge in [0.05, 0.1) is 51.6 Å². The van der Waals surface area contributed by atoms with E-state index in [0.717, 1.165) is 5.56 Å². The number of hydrogen-bond acceptors (Lipinski definition) is 5. The van der Waals surface area contributed by atoms with Crippen LogP contribution in [0.5, 0.6) is 0 Å². The van der Waals surface area contributed by atoms with Crippen molar-refractivity contribution >= 4 is 28.3 Å². The van der Waals surface area contributed by atoms with E-state index >= 15 is 0 Å². The molecule has 7 nitrogen and oxygen atoms in total. The topological polar surface area (TPSA) is 76.2 Å². The van der Waals surface area contributed by atoms with Gasteiger partial charge >= 0.3 is 0 Å². The number of likely N-dealkylation sites (tertiary alicyclic amines) is 1. The second-order valence-corrected chi connectivity index (χ2v) is 10.6. The summed E-state index contributed by atoms with van der Waals surface area (Å²) in [7, 11) is -1.56. The second-order valence-electron chi connectivity index (χ2n) is 9.22. The molecule has 3 aliphatic heterocycles. The van der Waals surface area contributed by atoms with Crippen molar-refractivity contribution in [2.75, 3.05) is 31.2 Å². The third kappa shape index (κ3) is 4.05. The zero-order valence-corrected chi connectivity index (χ0v) is 20.5. The average Bonchev–Trinajstić information content (AvgIpc) is 3.36. The van der Waals surface area contributed by atoms with E-state index in [9.17, 15) is 13.8 Å². The van der Waals surface area contributed by atoms with E-state index in [4.69, 9.17) is 9.47 Å². The minimum Gasteiger partial charge on any atom is -0.347 e. The molecule has 36 heavy (non-hydrogen) atoms. The van der Waals surface area contributed by atoms with E-state index in [1.165, 1.54) is 0 Å². The normalized spacial score (nSPS) is 20.7. The minimum atomic E-state index is -1.56. The van der Waals surface area contributed by atoms with Crippen molar-refractivity contribution in [3.8, 4) is 0 Å². The van der Waals surface area contributed by atoms with Crippen LogP contribution in [0.1, 0.15) is 39.1 Å². The van der Waals surface area contributed by atoms with Gasteiger partial charge in [-0.05, 0) is 35.9 Å². The monoisotopic (exact) mass is 502 g/mol. The largest absolute Gasteiger partial charge is 0.347 e. The molecule has 1 spiro atoms. The van der Waals surface area contributed by atoms with Gasteiger partial charge in [0.1, 0.15) is 0 Å². The van der Waals surface area contributed by atoms with Crippen molar-refractivity contribution in [2.45, 2.75) is 35.0 Å². The highest BCUT2D eigenvalue weighted by atomic mass is 32.2. The number of ether oxygens (including phenoxy) is 2. The summed E-state index contributed by atoms with van der Waals surface area (Å²) in [4.78, 5) is 31.7. The lowest BCUT2D eigenvalue weighted by Gasteiger charge is -2.37. The predicted molar refractivity (Wildman–Crippen MR) is 134 cm³/mol. The van der Waals surface area contributed by atoms with Crippen molar-refractivity contribution in [1.29, 1.82) is 0 Å². The van der Waals surface area contributed by atoms with E-state index in [1.807, 2.05) is 30.3 Å². The van der Waals surface area contributed by atoms with Crippen LogP contribution in [0.4, 0.5) is 5.69 Å². The van der Waals surface area contributed by atoms with Crippen LogP contribution in [0.3, 0.4) is 0 Å². The first kappa shape index (κ1) is 23.1. The van der Waals surface area contributed by atoms with Gasteiger partial charge in [-0.1, -0.05) is 42.5 Å². The number of amides is 2. The molecule has 0 aliphatic carbocycles. The Morgan fingerprint density at radius 1 is 0.889 bits per heavy atom. The summed E-state index contributed by atoms with van der Waals surface area (Å²) in [5, 5.41) is 0. The van der Waals surface area contributed by atoms with Gasteiger partial charge in [0.2, 0.25) is 0 Å². The van der Waals surface area contributed by atoms with E-state index in [-0.39, 0.29) is 11.8 Å². The van der Waals surface area contributed by atoms with Gasteiger partial charge in [-0.25, -0.2) is 4.21 Å². The molecule has 184 valence electrons. The molecule has 0 saturated carbocycles. The van der Waals surface area contributed by atoms with Crippen LogP contribution in [-0.4, -0.2) is 53.0 Å². The van der Waals surface area contributed by atoms with Crippen molar-refractivity contribution in [1.82, 2.24) is 4.90 Å². The molecule has 6 rings (SSSR count). The van der Waals surface area contributed by atoms with Gasteiger partial charge in [-0.3, -0.25) is 9.59 Å². The van der Waals surface area contributed by atoms with E-state index in [1.54, 1.807) is 52.3 Å². The quantitative estimate of drug-likeness (QED) is 0.541. The number of carbonyl (C=O) groups is 2. The first-order chi connectivity index (χ1) is 17.5. The molecule has 3 aliphatic rings. The summed E-state index contributed by atoms with van der Waals surface area (Å²) < 4.78 is 25.2. The molecular weight excluding hydrogens is 476 g/mol. The summed E-state index contributed by atoms with van der Waals surface area (Å²) in [6.45, 7) is 2.53. The van der Waals surface area contributed by atoms with E-state index in [0.29, 0.717) is 72.3 Å². The van der Waals surface area contributed by atoms with Crippen LogP contribution in [-0.2, 0) is 26.8 Å². The first-order valence-corrected chi connectivity index (χ1v) is 13.3. The molecule has 2 saturated heterocycles. The Balaban J connectivity index is 1.36. The van der Waals surface area contributed by atoms with Crippen molar-refractivity contribution in [2.24, 2.45) is 0 Å². The minimum absolute atomic E-state index is 0.120. The molecule has 2 amide bonds. The predicted octanol–water partition coefficient (Wildman–Crippen LogP) is 3.99. The fourth-order valence-electron chi connectivity index (χ4n) is 5.14. The lowest BCUT2D eigenvalue weighted by atomic mass is 10.0. The van der Waals surface area contributed by atoms with Gasteiger partial charge in [0.15, 0.2) is 5.79 Å². The highest BCUT2D eigenvalue weighted by Gasteiger charge is 2.41. The Hall–Kier alpha value is -3.33.